The molecule has 1 fully saturated rings. The lowest BCUT2D eigenvalue weighted by atomic mass is 10.1. The van der Waals surface area contributed by atoms with Gasteiger partial charge in [0.05, 0.1) is 27.8 Å². The van der Waals surface area contributed by atoms with E-state index in [0.717, 1.165) is 16.9 Å². The van der Waals surface area contributed by atoms with Gasteiger partial charge in [0.1, 0.15) is 11.5 Å². The molecule has 0 unspecified atom stereocenters. The molecule has 7 nitrogen and oxygen atoms in total. The molecule has 0 atom stereocenters. The molecule has 1 aromatic rings. The van der Waals surface area contributed by atoms with Gasteiger partial charge in [-0.1, -0.05) is 0 Å². The van der Waals surface area contributed by atoms with Crippen LogP contribution in [0.2, 0.25) is 0 Å². The second-order valence-corrected chi connectivity index (χ2v) is 5.65. The highest BCUT2D eigenvalue weighted by Crippen LogP contribution is 2.29. The van der Waals surface area contributed by atoms with Crippen molar-refractivity contribution in [3.05, 3.63) is 23.3 Å². The zero-order valence-corrected chi connectivity index (χ0v) is 14.6. The molecule has 0 saturated carbocycles. The molecular weight excluding hydrogens is 312 g/mol. The number of aryl methyl sites for hydroxylation is 1. The van der Waals surface area contributed by atoms with Crippen LogP contribution in [0.25, 0.3) is 0 Å². The lowest BCUT2D eigenvalue weighted by Gasteiger charge is -2.34. The van der Waals surface area contributed by atoms with E-state index in [1.54, 1.807) is 24.0 Å². The summed E-state index contributed by atoms with van der Waals surface area (Å²) < 4.78 is 15.4. The minimum atomic E-state index is -0.355. The van der Waals surface area contributed by atoms with E-state index in [1.807, 2.05) is 19.1 Å². The monoisotopic (exact) mass is 336 g/mol. The topological polar surface area (TPSA) is 68.3 Å². The zero-order valence-electron chi connectivity index (χ0n) is 14.6. The Balaban J connectivity index is 2.04. The molecule has 0 spiro atoms. The number of rotatable bonds is 4. The molecule has 7 heteroatoms. The first-order valence-electron chi connectivity index (χ1n) is 7.82. The minimum Gasteiger partial charge on any atom is -0.496 e. The van der Waals surface area contributed by atoms with Crippen LogP contribution in [0, 0.1) is 6.92 Å². The normalized spacial score (nSPS) is 14.3. The summed E-state index contributed by atoms with van der Waals surface area (Å²) in [5.41, 5.74) is 1.75. The van der Waals surface area contributed by atoms with Gasteiger partial charge >= 0.3 is 6.09 Å². The maximum absolute atomic E-state index is 12.6. The van der Waals surface area contributed by atoms with E-state index in [1.165, 1.54) is 7.11 Å². The van der Waals surface area contributed by atoms with Crippen molar-refractivity contribution in [3.8, 4) is 11.5 Å². The van der Waals surface area contributed by atoms with E-state index in [2.05, 4.69) is 0 Å². The van der Waals surface area contributed by atoms with Crippen LogP contribution < -0.4 is 9.47 Å². The fourth-order valence-electron chi connectivity index (χ4n) is 2.79. The maximum atomic E-state index is 12.6. The minimum absolute atomic E-state index is 0.00345. The lowest BCUT2D eigenvalue weighted by molar-refractivity contribution is -0.132. The number of methoxy groups -OCH3 is 3. The fraction of sp³-hybridized carbons (Fsp3) is 0.529. The molecule has 0 aromatic heterocycles. The molecule has 1 aliphatic heterocycles. The van der Waals surface area contributed by atoms with Gasteiger partial charge in [0.15, 0.2) is 0 Å². The molecule has 0 radical (unpaired) electrons. The van der Waals surface area contributed by atoms with Crippen molar-refractivity contribution in [2.24, 2.45) is 0 Å². The largest absolute Gasteiger partial charge is 0.496 e. The molecule has 24 heavy (non-hydrogen) atoms. The first kappa shape index (κ1) is 17.9. The van der Waals surface area contributed by atoms with Crippen LogP contribution in [-0.4, -0.2) is 69.3 Å². The average Bonchev–Trinajstić information content (AvgIpc) is 2.62. The summed E-state index contributed by atoms with van der Waals surface area (Å²) in [6.45, 7) is 3.89. The van der Waals surface area contributed by atoms with E-state index >= 15 is 0 Å². The molecule has 0 aliphatic carbocycles. The van der Waals surface area contributed by atoms with Crippen molar-refractivity contribution in [2.45, 2.75) is 13.3 Å². The van der Waals surface area contributed by atoms with Crippen molar-refractivity contribution in [1.29, 1.82) is 0 Å². The van der Waals surface area contributed by atoms with Gasteiger partial charge in [-0.3, -0.25) is 4.79 Å². The van der Waals surface area contributed by atoms with Gasteiger partial charge in [0.2, 0.25) is 5.91 Å². The highest BCUT2D eigenvalue weighted by molar-refractivity contribution is 5.80. The van der Waals surface area contributed by atoms with Crippen LogP contribution >= 0.6 is 0 Å². The van der Waals surface area contributed by atoms with E-state index in [-0.39, 0.29) is 18.4 Å². The van der Waals surface area contributed by atoms with Crippen molar-refractivity contribution in [2.75, 3.05) is 47.5 Å². The van der Waals surface area contributed by atoms with Crippen molar-refractivity contribution < 1.29 is 23.8 Å². The summed E-state index contributed by atoms with van der Waals surface area (Å²) in [5, 5.41) is 0. The number of amides is 2. The number of carbonyl (C=O) groups excluding carboxylic acids is 2. The predicted molar refractivity (Wildman–Crippen MR) is 88.5 cm³/mol. The second kappa shape index (κ2) is 7.90. The van der Waals surface area contributed by atoms with Crippen LogP contribution in [0.15, 0.2) is 12.1 Å². The number of hydrogen-bond donors (Lipinski definition) is 0. The molecule has 0 N–H and O–H groups in total. The zero-order chi connectivity index (χ0) is 17.7. The number of nitrogens with zero attached hydrogens (tertiary/aromatic N) is 2. The van der Waals surface area contributed by atoms with Crippen LogP contribution in [0.5, 0.6) is 11.5 Å². The SMILES string of the molecule is COC(=O)N1CCN(C(=O)Cc2cc(OC)c(C)cc2OC)CC1. The Hall–Kier alpha value is -2.44. The van der Waals surface area contributed by atoms with Gasteiger partial charge in [-0.05, 0) is 24.6 Å². The van der Waals surface area contributed by atoms with Gasteiger partial charge in [0.25, 0.3) is 0 Å². The summed E-state index contributed by atoms with van der Waals surface area (Å²) in [6, 6.07) is 3.72. The Kier molecular flexibility index (Phi) is 5.89. The van der Waals surface area contributed by atoms with Crippen molar-refractivity contribution >= 4 is 12.0 Å². The van der Waals surface area contributed by atoms with Crippen molar-refractivity contribution in [1.82, 2.24) is 9.80 Å². The van der Waals surface area contributed by atoms with E-state index in [4.69, 9.17) is 14.2 Å². The van der Waals surface area contributed by atoms with Gasteiger partial charge < -0.3 is 24.0 Å². The Bertz CT molecular complexity index is 609. The third kappa shape index (κ3) is 3.90. The van der Waals surface area contributed by atoms with E-state index in [0.29, 0.717) is 31.9 Å². The molecule has 2 rings (SSSR count). The molecule has 0 bridgehead atoms. The summed E-state index contributed by atoms with van der Waals surface area (Å²) in [5.74, 6) is 1.41. The number of ether oxygens (including phenoxy) is 3. The maximum Gasteiger partial charge on any atom is 0.409 e. The predicted octanol–water partition coefficient (Wildman–Crippen LogP) is 1.47. The number of piperazine rings is 1. The Morgan fingerprint density at radius 3 is 2.08 bits per heavy atom. The van der Waals surface area contributed by atoms with Crippen LogP contribution in [0.1, 0.15) is 11.1 Å². The summed E-state index contributed by atoms with van der Waals surface area (Å²) in [4.78, 5) is 27.4. The summed E-state index contributed by atoms with van der Waals surface area (Å²) in [7, 11) is 4.55. The Morgan fingerprint density at radius 1 is 0.958 bits per heavy atom. The van der Waals surface area contributed by atoms with Gasteiger partial charge in [-0.25, -0.2) is 4.79 Å². The number of hydrogen-bond acceptors (Lipinski definition) is 5. The Labute approximate surface area is 142 Å². The number of benzene rings is 1. The molecule has 1 saturated heterocycles. The van der Waals surface area contributed by atoms with Crippen LogP contribution in [0.4, 0.5) is 4.79 Å². The van der Waals surface area contributed by atoms with E-state index < -0.39 is 0 Å². The molecule has 1 aromatic carbocycles. The van der Waals surface area contributed by atoms with Gasteiger partial charge in [0, 0.05) is 31.7 Å². The molecule has 132 valence electrons. The molecule has 2 amide bonds. The molecular formula is C17H24N2O5. The third-order valence-electron chi connectivity index (χ3n) is 4.20. The van der Waals surface area contributed by atoms with Crippen LogP contribution in [-0.2, 0) is 16.0 Å². The smallest absolute Gasteiger partial charge is 0.409 e. The second-order valence-electron chi connectivity index (χ2n) is 5.65. The van der Waals surface area contributed by atoms with Gasteiger partial charge in [-0.2, -0.15) is 0 Å². The van der Waals surface area contributed by atoms with Crippen molar-refractivity contribution in [3.63, 3.8) is 0 Å². The highest BCUT2D eigenvalue weighted by Gasteiger charge is 2.25. The molecule has 1 heterocycles. The van der Waals surface area contributed by atoms with Gasteiger partial charge in [-0.15, -0.1) is 0 Å². The number of carbonyl (C=O) groups is 2. The third-order valence-corrected chi connectivity index (χ3v) is 4.20. The average molecular weight is 336 g/mol. The summed E-state index contributed by atoms with van der Waals surface area (Å²) in [6.07, 6.45) is -0.120. The van der Waals surface area contributed by atoms with Crippen LogP contribution in [0.3, 0.4) is 0 Å². The standard InChI is InChI=1S/C17H24N2O5/c1-12-9-15(23-3)13(10-14(12)22-2)11-16(20)18-5-7-19(8-6-18)17(21)24-4/h9-10H,5-8,11H2,1-4H3. The lowest BCUT2D eigenvalue weighted by Crippen LogP contribution is -2.50. The first-order chi connectivity index (χ1) is 11.5. The fourth-order valence-corrected chi connectivity index (χ4v) is 2.79. The molecule has 1 aliphatic rings. The summed E-state index contributed by atoms with van der Waals surface area (Å²) >= 11 is 0. The Morgan fingerprint density at radius 2 is 1.54 bits per heavy atom. The first-order valence-corrected chi connectivity index (χ1v) is 7.82. The van der Waals surface area contributed by atoms with E-state index in [9.17, 15) is 9.59 Å². The highest BCUT2D eigenvalue weighted by atomic mass is 16.5. The quantitative estimate of drug-likeness (QED) is 0.833.